The average molecular weight is 278 g/mol. The normalized spacial score (nSPS) is 20.1. The van der Waals surface area contributed by atoms with Gasteiger partial charge in [-0.05, 0) is 18.5 Å². The summed E-state index contributed by atoms with van der Waals surface area (Å²) in [7, 11) is 1.55. The Morgan fingerprint density at radius 1 is 1.35 bits per heavy atom. The summed E-state index contributed by atoms with van der Waals surface area (Å²) in [5, 5.41) is 13.2. The van der Waals surface area contributed by atoms with Gasteiger partial charge in [-0.1, -0.05) is 30.3 Å². The second-order valence-corrected chi connectivity index (χ2v) is 5.06. The number of methoxy groups -OCH3 is 1. The Hall–Kier alpha value is -1.43. The van der Waals surface area contributed by atoms with E-state index in [1.54, 1.807) is 7.11 Å². The van der Waals surface area contributed by atoms with Gasteiger partial charge in [0.25, 0.3) is 0 Å². The number of rotatable bonds is 5. The average Bonchev–Trinajstić information content (AvgIpc) is 2.74. The van der Waals surface area contributed by atoms with E-state index in [4.69, 9.17) is 4.74 Å². The van der Waals surface area contributed by atoms with Crippen LogP contribution in [0.25, 0.3) is 0 Å². The summed E-state index contributed by atoms with van der Waals surface area (Å²) >= 11 is 0. The van der Waals surface area contributed by atoms with Crippen LogP contribution in [0.2, 0.25) is 0 Å². The zero-order valence-electron chi connectivity index (χ0n) is 11.8. The van der Waals surface area contributed by atoms with Gasteiger partial charge in [0.15, 0.2) is 5.54 Å². The third kappa shape index (κ3) is 2.85. The molecule has 1 aromatic carbocycles. The number of hydrogen-bond acceptors (Lipinski definition) is 4. The molecule has 1 atom stereocenters. The Morgan fingerprint density at radius 2 is 2.10 bits per heavy atom. The van der Waals surface area contributed by atoms with Crippen molar-refractivity contribution in [2.24, 2.45) is 0 Å². The van der Waals surface area contributed by atoms with Gasteiger partial charge in [0.1, 0.15) is 0 Å². The Kier molecular flexibility index (Phi) is 5.11. The Bertz CT molecular complexity index is 430. The lowest BCUT2D eigenvalue weighted by Crippen LogP contribution is -2.56. The molecule has 0 aliphatic carbocycles. The van der Waals surface area contributed by atoms with E-state index in [1.165, 1.54) is 0 Å². The first-order valence-corrected chi connectivity index (χ1v) is 6.95. The topological polar surface area (TPSA) is 61.8 Å². The van der Waals surface area contributed by atoms with E-state index in [2.05, 4.69) is 5.32 Å². The molecule has 0 radical (unpaired) electrons. The molecule has 1 aromatic rings. The fourth-order valence-electron chi connectivity index (χ4n) is 2.83. The Labute approximate surface area is 119 Å². The molecule has 20 heavy (non-hydrogen) atoms. The lowest BCUT2D eigenvalue weighted by atomic mass is 9.88. The number of aliphatic carboxylic acids is 1. The molecule has 0 spiro atoms. The van der Waals surface area contributed by atoms with Crippen molar-refractivity contribution in [3.05, 3.63) is 35.9 Å². The summed E-state index contributed by atoms with van der Waals surface area (Å²) in [5.74, 6) is -0.854. The van der Waals surface area contributed by atoms with E-state index in [1.807, 2.05) is 35.2 Å². The molecule has 2 N–H and O–H groups in total. The quantitative estimate of drug-likeness (QED) is 0.838. The summed E-state index contributed by atoms with van der Waals surface area (Å²) in [6.45, 7) is 3.31. The molecule has 5 heteroatoms. The maximum atomic E-state index is 12.1. The molecule has 5 nitrogen and oxygen atoms in total. The van der Waals surface area contributed by atoms with Gasteiger partial charge in [0.05, 0.1) is 6.61 Å². The third-order valence-electron chi connectivity index (χ3n) is 3.84. The van der Waals surface area contributed by atoms with Gasteiger partial charge in [0.2, 0.25) is 0 Å². The first-order valence-electron chi connectivity index (χ1n) is 6.95. The van der Waals surface area contributed by atoms with Crippen molar-refractivity contribution >= 4 is 5.97 Å². The Morgan fingerprint density at radius 3 is 2.75 bits per heavy atom. The minimum Gasteiger partial charge on any atom is -0.480 e. The van der Waals surface area contributed by atoms with Crippen molar-refractivity contribution in [1.82, 2.24) is 10.2 Å². The first kappa shape index (κ1) is 15.0. The predicted octanol–water partition coefficient (Wildman–Crippen LogP) is 0.908. The number of hydrogen-bond donors (Lipinski definition) is 2. The van der Waals surface area contributed by atoms with Crippen LogP contribution in [0.3, 0.4) is 0 Å². The van der Waals surface area contributed by atoms with Crippen LogP contribution in [-0.2, 0) is 15.1 Å². The van der Waals surface area contributed by atoms with Gasteiger partial charge in [-0.3, -0.25) is 4.90 Å². The molecular formula is C15H22N2O3. The van der Waals surface area contributed by atoms with E-state index >= 15 is 0 Å². The first-order chi connectivity index (χ1) is 9.71. The maximum Gasteiger partial charge on any atom is 0.331 e. The van der Waals surface area contributed by atoms with Gasteiger partial charge in [-0.2, -0.15) is 0 Å². The molecule has 1 aliphatic rings. The fraction of sp³-hybridized carbons (Fsp3) is 0.533. The number of nitrogens with zero attached hydrogens (tertiary/aromatic N) is 1. The summed E-state index contributed by atoms with van der Waals surface area (Å²) in [5.41, 5.74) is -0.335. The molecule has 2 rings (SSSR count). The maximum absolute atomic E-state index is 12.1. The molecule has 110 valence electrons. The van der Waals surface area contributed by atoms with Gasteiger partial charge >= 0.3 is 5.97 Å². The molecule has 1 fully saturated rings. The van der Waals surface area contributed by atoms with Gasteiger partial charge in [-0.25, -0.2) is 4.79 Å². The highest BCUT2D eigenvalue weighted by molar-refractivity contribution is 5.81. The zero-order chi connectivity index (χ0) is 14.4. The summed E-state index contributed by atoms with van der Waals surface area (Å²) in [6, 6.07) is 9.38. The lowest BCUT2D eigenvalue weighted by molar-refractivity contribution is -0.157. The SMILES string of the molecule is COCC(C(=O)O)(c1ccccc1)N1CCCNCC1. The van der Waals surface area contributed by atoms with E-state index in [-0.39, 0.29) is 6.61 Å². The van der Waals surface area contributed by atoms with Crippen molar-refractivity contribution < 1.29 is 14.6 Å². The van der Waals surface area contributed by atoms with Crippen molar-refractivity contribution in [3.8, 4) is 0 Å². The van der Waals surface area contributed by atoms with Gasteiger partial charge in [-0.15, -0.1) is 0 Å². The van der Waals surface area contributed by atoms with E-state index in [0.717, 1.165) is 31.6 Å². The van der Waals surface area contributed by atoms with Crippen molar-refractivity contribution in [2.45, 2.75) is 12.0 Å². The minimum atomic E-state index is -1.11. The number of carboxylic acid groups (broad SMARTS) is 1. The van der Waals surface area contributed by atoms with Crippen LogP contribution in [0.1, 0.15) is 12.0 Å². The largest absolute Gasteiger partial charge is 0.480 e. The second-order valence-electron chi connectivity index (χ2n) is 5.06. The lowest BCUT2D eigenvalue weighted by Gasteiger charge is -2.40. The van der Waals surface area contributed by atoms with Gasteiger partial charge < -0.3 is 15.2 Å². The summed E-state index contributed by atoms with van der Waals surface area (Å²) in [4.78, 5) is 14.1. The highest BCUT2D eigenvalue weighted by atomic mass is 16.5. The smallest absolute Gasteiger partial charge is 0.331 e. The molecule has 1 heterocycles. The molecule has 0 saturated carbocycles. The fourth-order valence-corrected chi connectivity index (χ4v) is 2.83. The second kappa shape index (κ2) is 6.83. The van der Waals surface area contributed by atoms with Crippen LogP contribution in [0.5, 0.6) is 0 Å². The van der Waals surface area contributed by atoms with Crippen LogP contribution in [0.4, 0.5) is 0 Å². The van der Waals surface area contributed by atoms with E-state index < -0.39 is 11.5 Å². The summed E-state index contributed by atoms with van der Waals surface area (Å²) in [6.07, 6.45) is 0.936. The van der Waals surface area contributed by atoms with Crippen LogP contribution in [0, 0.1) is 0 Å². The van der Waals surface area contributed by atoms with Crippen molar-refractivity contribution in [2.75, 3.05) is 39.9 Å². The standard InChI is InChI=1S/C15H22N2O3/c1-20-12-15(14(18)19,13-6-3-2-4-7-13)17-10-5-8-16-9-11-17/h2-4,6-7,16H,5,8-12H2,1H3,(H,18,19). The molecule has 0 amide bonds. The molecule has 1 aliphatic heterocycles. The van der Waals surface area contributed by atoms with Crippen LogP contribution < -0.4 is 5.32 Å². The number of carbonyl (C=O) groups is 1. The number of benzene rings is 1. The van der Waals surface area contributed by atoms with E-state index in [0.29, 0.717) is 6.54 Å². The molecule has 1 saturated heterocycles. The monoisotopic (exact) mass is 278 g/mol. The predicted molar refractivity (Wildman–Crippen MR) is 76.7 cm³/mol. The molecule has 0 bridgehead atoms. The zero-order valence-corrected chi connectivity index (χ0v) is 11.8. The molecular weight excluding hydrogens is 256 g/mol. The summed E-state index contributed by atoms with van der Waals surface area (Å²) < 4.78 is 5.27. The molecule has 1 unspecified atom stereocenters. The van der Waals surface area contributed by atoms with Crippen molar-refractivity contribution in [1.29, 1.82) is 0 Å². The number of ether oxygens (including phenoxy) is 1. The van der Waals surface area contributed by atoms with Crippen LogP contribution in [-0.4, -0.2) is 55.9 Å². The van der Waals surface area contributed by atoms with Crippen LogP contribution in [0.15, 0.2) is 30.3 Å². The van der Waals surface area contributed by atoms with E-state index in [9.17, 15) is 9.90 Å². The number of carboxylic acids is 1. The Balaban J connectivity index is 2.43. The van der Waals surface area contributed by atoms with Crippen LogP contribution >= 0.6 is 0 Å². The van der Waals surface area contributed by atoms with Crippen molar-refractivity contribution in [3.63, 3.8) is 0 Å². The highest BCUT2D eigenvalue weighted by Crippen LogP contribution is 2.30. The third-order valence-corrected chi connectivity index (χ3v) is 3.84. The molecule has 0 aromatic heterocycles. The number of nitrogens with one attached hydrogen (secondary N) is 1. The highest BCUT2D eigenvalue weighted by Gasteiger charge is 2.46. The minimum absolute atomic E-state index is 0.145. The van der Waals surface area contributed by atoms with Gasteiger partial charge in [0, 0.05) is 26.7 Å².